The predicted octanol–water partition coefficient (Wildman–Crippen LogP) is 6.19. The molecule has 3 aromatic carbocycles. The van der Waals surface area contributed by atoms with Gasteiger partial charge >= 0.3 is 0 Å². The number of aryl methyl sites for hydroxylation is 1. The van der Waals surface area contributed by atoms with E-state index in [0.717, 1.165) is 34.0 Å². The summed E-state index contributed by atoms with van der Waals surface area (Å²) in [5.41, 5.74) is 5.45. The summed E-state index contributed by atoms with van der Waals surface area (Å²) < 4.78 is 12.7. The molecule has 0 N–H and O–H groups in total. The topological polar surface area (TPSA) is 36.3 Å². The smallest absolute Gasteiger partial charge is 0.119 e. The molecular weight excluding hydrogens is 384 g/mol. The van der Waals surface area contributed by atoms with Gasteiger partial charge in [-0.25, -0.2) is 4.68 Å². The molecule has 146 valence electrons. The molecule has 4 aromatic rings. The molecule has 1 aromatic heterocycles. The third-order valence-corrected chi connectivity index (χ3v) is 5.15. The van der Waals surface area contributed by atoms with Gasteiger partial charge in [-0.3, -0.25) is 0 Å². The van der Waals surface area contributed by atoms with Crippen LogP contribution in [0, 0.1) is 6.92 Å². The molecule has 4 nitrogen and oxygen atoms in total. The first-order valence-electron chi connectivity index (χ1n) is 9.25. The Morgan fingerprint density at radius 2 is 1.38 bits per heavy atom. The average molecular weight is 405 g/mol. The number of nitrogens with zero attached hydrogens (tertiary/aromatic N) is 2. The summed E-state index contributed by atoms with van der Waals surface area (Å²) in [6.45, 7) is 2.06. The van der Waals surface area contributed by atoms with Gasteiger partial charge in [-0.2, -0.15) is 5.10 Å². The van der Waals surface area contributed by atoms with Crippen molar-refractivity contribution < 1.29 is 9.47 Å². The van der Waals surface area contributed by atoms with Crippen LogP contribution in [0.15, 0.2) is 72.8 Å². The lowest BCUT2D eigenvalue weighted by Gasteiger charge is -2.09. The highest BCUT2D eigenvalue weighted by molar-refractivity contribution is 6.35. The Labute approximate surface area is 175 Å². The molecule has 0 saturated heterocycles. The summed E-state index contributed by atoms with van der Waals surface area (Å²) in [4.78, 5) is 0. The number of hydrogen-bond donors (Lipinski definition) is 0. The van der Waals surface area contributed by atoms with E-state index < -0.39 is 0 Å². The molecule has 0 saturated carbocycles. The molecular formula is C24H21ClN2O2. The van der Waals surface area contributed by atoms with E-state index in [1.807, 2.05) is 65.3 Å². The zero-order chi connectivity index (χ0) is 20.4. The number of methoxy groups -OCH3 is 2. The Morgan fingerprint density at radius 3 is 2.00 bits per heavy atom. The third kappa shape index (κ3) is 3.71. The minimum Gasteiger partial charge on any atom is -0.497 e. The molecule has 0 aliphatic carbocycles. The van der Waals surface area contributed by atoms with E-state index in [1.165, 1.54) is 5.56 Å². The van der Waals surface area contributed by atoms with Crippen LogP contribution in [0.2, 0.25) is 5.02 Å². The van der Waals surface area contributed by atoms with E-state index in [-0.39, 0.29) is 0 Å². The summed E-state index contributed by atoms with van der Waals surface area (Å²) in [5, 5.41) is 5.45. The quantitative estimate of drug-likeness (QED) is 0.398. The van der Waals surface area contributed by atoms with E-state index in [4.69, 9.17) is 26.2 Å². The Hall–Kier alpha value is -3.24. The van der Waals surface area contributed by atoms with Gasteiger partial charge in [-0.1, -0.05) is 53.6 Å². The molecule has 0 unspecified atom stereocenters. The fraction of sp³-hybridized carbons (Fsp3) is 0.125. The number of hydrogen-bond acceptors (Lipinski definition) is 3. The van der Waals surface area contributed by atoms with Crippen LogP contribution in [0.1, 0.15) is 5.56 Å². The molecule has 0 atom stereocenters. The number of aromatic nitrogens is 2. The van der Waals surface area contributed by atoms with Crippen molar-refractivity contribution in [2.45, 2.75) is 6.92 Å². The van der Waals surface area contributed by atoms with Crippen molar-refractivity contribution in [2.24, 2.45) is 0 Å². The minimum atomic E-state index is 0.576. The second-order valence-electron chi connectivity index (χ2n) is 6.72. The first kappa shape index (κ1) is 19.1. The summed E-state index contributed by atoms with van der Waals surface area (Å²) in [6, 6.07) is 23.8. The van der Waals surface area contributed by atoms with E-state index >= 15 is 0 Å². The van der Waals surface area contributed by atoms with Crippen molar-refractivity contribution >= 4 is 11.6 Å². The van der Waals surface area contributed by atoms with Crippen molar-refractivity contribution in [3.05, 3.63) is 83.4 Å². The maximum Gasteiger partial charge on any atom is 0.119 e. The van der Waals surface area contributed by atoms with E-state index in [0.29, 0.717) is 10.7 Å². The lowest BCUT2D eigenvalue weighted by Crippen LogP contribution is -1.99. The first-order chi connectivity index (χ1) is 14.1. The van der Waals surface area contributed by atoms with Crippen LogP contribution in [0.25, 0.3) is 28.2 Å². The van der Waals surface area contributed by atoms with Gasteiger partial charge in [0.1, 0.15) is 17.2 Å². The van der Waals surface area contributed by atoms with Crippen LogP contribution in [-0.2, 0) is 0 Å². The van der Waals surface area contributed by atoms with Gasteiger partial charge in [-0.05, 0) is 43.3 Å². The zero-order valence-corrected chi connectivity index (χ0v) is 17.3. The van der Waals surface area contributed by atoms with E-state index in [1.54, 1.807) is 14.2 Å². The second-order valence-corrected chi connectivity index (χ2v) is 7.10. The number of rotatable bonds is 5. The largest absolute Gasteiger partial charge is 0.497 e. The molecule has 4 rings (SSSR count). The monoisotopic (exact) mass is 404 g/mol. The average Bonchev–Trinajstić information content (AvgIpc) is 3.11. The summed E-state index contributed by atoms with van der Waals surface area (Å²) in [5.74, 6) is 1.52. The van der Waals surface area contributed by atoms with Crippen LogP contribution >= 0.6 is 11.6 Å². The van der Waals surface area contributed by atoms with Crippen molar-refractivity contribution in [2.75, 3.05) is 14.2 Å². The van der Waals surface area contributed by atoms with E-state index in [2.05, 4.69) is 19.1 Å². The third-order valence-electron chi connectivity index (χ3n) is 4.79. The highest BCUT2D eigenvalue weighted by Crippen LogP contribution is 2.39. The minimum absolute atomic E-state index is 0.576. The predicted molar refractivity (Wildman–Crippen MR) is 117 cm³/mol. The lowest BCUT2D eigenvalue weighted by atomic mass is 10.1. The standard InChI is InChI=1S/C24H21ClN2O2/c1-16-10-12-19(13-11-16)27-24(18-7-5-9-21(15-18)29-3)22(25)23(26-27)17-6-4-8-20(14-17)28-2/h4-15H,1-3H3. The Kier molecular flexibility index (Phi) is 5.28. The van der Waals surface area contributed by atoms with Crippen LogP contribution in [-0.4, -0.2) is 24.0 Å². The highest BCUT2D eigenvalue weighted by Gasteiger charge is 2.21. The van der Waals surface area contributed by atoms with Gasteiger partial charge in [0.05, 0.1) is 30.6 Å². The maximum atomic E-state index is 6.91. The molecule has 0 amide bonds. The molecule has 0 radical (unpaired) electrons. The molecule has 0 fully saturated rings. The molecule has 0 bridgehead atoms. The highest BCUT2D eigenvalue weighted by atomic mass is 35.5. The molecule has 0 spiro atoms. The zero-order valence-electron chi connectivity index (χ0n) is 16.5. The SMILES string of the molecule is COc1cccc(-c2nn(-c3ccc(C)cc3)c(-c3cccc(OC)c3)c2Cl)c1. The fourth-order valence-corrected chi connectivity index (χ4v) is 3.58. The van der Waals surface area contributed by atoms with Gasteiger partial charge in [0.2, 0.25) is 0 Å². The van der Waals surface area contributed by atoms with Gasteiger partial charge in [0.15, 0.2) is 0 Å². The Balaban J connectivity index is 1.96. The maximum absolute atomic E-state index is 6.91. The number of ether oxygens (including phenoxy) is 2. The van der Waals surface area contributed by atoms with Gasteiger partial charge in [0.25, 0.3) is 0 Å². The van der Waals surface area contributed by atoms with Crippen LogP contribution < -0.4 is 9.47 Å². The first-order valence-corrected chi connectivity index (χ1v) is 9.63. The van der Waals surface area contributed by atoms with Gasteiger partial charge in [0, 0.05) is 11.1 Å². The summed E-state index contributed by atoms with van der Waals surface area (Å²) in [7, 11) is 3.30. The second kappa shape index (κ2) is 8.02. The molecule has 5 heteroatoms. The van der Waals surface area contributed by atoms with Gasteiger partial charge in [-0.15, -0.1) is 0 Å². The van der Waals surface area contributed by atoms with Crippen molar-refractivity contribution in [1.29, 1.82) is 0 Å². The van der Waals surface area contributed by atoms with Crippen molar-refractivity contribution in [1.82, 2.24) is 9.78 Å². The van der Waals surface area contributed by atoms with Gasteiger partial charge < -0.3 is 9.47 Å². The molecule has 0 aliphatic rings. The van der Waals surface area contributed by atoms with Crippen LogP contribution in [0.3, 0.4) is 0 Å². The number of benzene rings is 3. The summed E-state index contributed by atoms with van der Waals surface area (Å²) >= 11 is 6.91. The Morgan fingerprint density at radius 1 is 0.793 bits per heavy atom. The summed E-state index contributed by atoms with van der Waals surface area (Å²) in [6.07, 6.45) is 0. The fourth-order valence-electron chi connectivity index (χ4n) is 3.25. The van der Waals surface area contributed by atoms with Crippen LogP contribution in [0.5, 0.6) is 11.5 Å². The Bertz CT molecular complexity index is 1150. The molecule has 29 heavy (non-hydrogen) atoms. The lowest BCUT2D eigenvalue weighted by molar-refractivity contribution is 0.415. The molecule has 0 aliphatic heterocycles. The normalized spacial score (nSPS) is 10.8. The van der Waals surface area contributed by atoms with Crippen LogP contribution in [0.4, 0.5) is 0 Å². The molecule has 1 heterocycles. The van der Waals surface area contributed by atoms with Crippen molar-refractivity contribution in [3.63, 3.8) is 0 Å². The number of halogens is 1. The van der Waals surface area contributed by atoms with E-state index in [9.17, 15) is 0 Å². The van der Waals surface area contributed by atoms with Crippen molar-refractivity contribution in [3.8, 4) is 39.7 Å².